The van der Waals surface area contributed by atoms with Crippen molar-refractivity contribution in [1.82, 2.24) is 15.1 Å². The van der Waals surface area contributed by atoms with Gasteiger partial charge < -0.3 is 24.8 Å². The predicted molar refractivity (Wildman–Crippen MR) is 133 cm³/mol. The van der Waals surface area contributed by atoms with E-state index in [0.29, 0.717) is 15.8 Å². The van der Waals surface area contributed by atoms with Crippen LogP contribution in [0.1, 0.15) is 25.5 Å². The van der Waals surface area contributed by atoms with E-state index in [4.69, 9.17) is 30.0 Å². The first-order chi connectivity index (χ1) is 17.6. The molecule has 37 heavy (non-hydrogen) atoms. The molecule has 6 N–H and O–H groups in total. The summed E-state index contributed by atoms with van der Waals surface area (Å²) >= 11 is 1.19. The van der Waals surface area contributed by atoms with E-state index in [1.807, 2.05) is 0 Å². The maximum atomic E-state index is 15.3. The summed E-state index contributed by atoms with van der Waals surface area (Å²) in [7, 11) is -4.32. The van der Waals surface area contributed by atoms with E-state index in [1.54, 1.807) is 30.5 Å². The number of aliphatic hydroxyl groups is 1. The van der Waals surface area contributed by atoms with Gasteiger partial charge in [-0.15, -0.1) is 11.3 Å². The number of halogens is 1. The molecule has 200 valence electrons. The van der Waals surface area contributed by atoms with Crippen LogP contribution in [-0.4, -0.2) is 58.3 Å². The number of aliphatic hydroxyl groups excluding tert-OH is 1. The van der Waals surface area contributed by atoms with Crippen LogP contribution < -0.4 is 21.1 Å². The smallest absolute Gasteiger partial charge is 0.459 e. The Labute approximate surface area is 215 Å². The normalized spacial score (nSPS) is 26.0. The topological polar surface area (TPSA) is 181 Å². The number of benzene rings is 1. The number of rotatable bonds is 10. The van der Waals surface area contributed by atoms with Gasteiger partial charge >= 0.3 is 13.7 Å². The number of fused-ring (bicyclic) bond motifs is 1. The highest BCUT2D eigenvalue weighted by Gasteiger charge is 2.55. The number of nitrogens with two attached hydrogens (primary N) is 2. The summed E-state index contributed by atoms with van der Waals surface area (Å²) in [6.07, 6.45) is -3.91. The van der Waals surface area contributed by atoms with Crippen molar-refractivity contribution in [2.45, 2.75) is 44.0 Å². The van der Waals surface area contributed by atoms with Gasteiger partial charge in [-0.25, -0.2) is 18.9 Å². The third kappa shape index (κ3) is 5.75. The lowest BCUT2D eigenvalue weighted by atomic mass is 10.0. The van der Waals surface area contributed by atoms with Gasteiger partial charge in [-0.05, 0) is 31.4 Å². The van der Waals surface area contributed by atoms with Gasteiger partial charge in [0.2, 0.25) is 0 Å². The van der Waals surface area contributed by atoms with Gasteiger partial charge in [-0.2, -0.15) is 5.09 Å². The number of para-hydroxylation sites is 1. The molecule has 3 aromatic rings. The lowest BCUT2D eigenvalue weighted by Gasteiger charge is -2.30. The Hall–Kier alpha value is -2.71. The van der Waals surface area contributed by atoms with E-state index in [0.717, 1.165) is 0 Å². The molecule has 0 spiro atoms. The molecular formula is C22H27FN5O7PS. The molecule has 0 radical (unpaired) electrons. The van der Waals surface area contributed by atoms with Crippen LogP contribution in [-0.2, 0) is 23.4 Å². The lowest BCUT2D eigenvalue weighted by molar-refractivity contribution is -0.144. The van der Waals surface area contributed by atoms with E-state index in [-0.39, 0.29) is 18.2 Å². The number of nitrogens with one attached hydrogen (secondary N) is 1. The Morgan fingerprint density at radius 1 is 1.38 bits per heavy atom. The van der Waals surface area contributed by atoms with Gasteiger partial charge in [-0.1, -0.05) is 18.2 Å². The molecule has 4 rings (SSSR count). The maximum absolute atomic E-state index is 15.3. The van der Waals surface area contributed by atoms with E-state index < -0.39 is 50.5 Å². The number of carbonyl (C=O) groups is 1. The average Bonchev–Trinajstić information content (AvgIpc) is 3.40. The highest BCUT2D eigenvalue weighted by molar-refractivity contribution is 7.52. The Morgan fingerprint density at radius 2 is 2.11 bits per heavy atom. The molecule has 12 nitrogen and oxygen atoms in total. The zero-order chi connectivity index (χ0) is 26.8. The first-order valence-corrected chi connectivity index (χ1v) is 13.7. The summed E-state index contributed by atoms with van der Waals surface area (Å²) in [5.74, 6) is -0.313. The summed E-state index contributed by atoms with van der Waals surface area (Å²) in [6.45, 7) is 2.38. The number of carbonyl (C=O) groups excluding carboxylic acids is 1. The number of ether oxygens (including phenoxy) is 2. The molecule has 0 aliphatic carbocycles. The molecule has 2 aromatic heterocycles. The lowest BCUT2D eigenvalue weighted by Crippen LogP contribution is -2.54. The largest absolute Gasteiger partial charge is 0.465 e. The first kappa shape index (κ1) is 27.3. The fourth-order valence-electron chi connectivity index (χ4n) is 3.70. The van der Waals surface area contributed by atoms with E-state index in [1.165, 1.54) is 36.7 Å². The van der Waals surface area contributed by atoms with Crippen LogP contribution in [0.15, 0.2) is 42.0 Å². The zero-order valence-electron chi connectivity index (χ0n) is 19.9. The van der Waals surface area contributed by atoms with Crippen molar-refractivity contribution in [1.29, 1.82) is 0 Å². The predicted octanol–water partition coefficient (Wildman–Crippen LogP) is 2.44. The minimum atomic E-state index is -4.32. The number of nitrogens with zero attached hydrogens (tertiary/aromatic N) is 2. The monoisotopic (exact) mass is 555 g/mol. The Kier molecular flexibility index (Phi) is 8.09. The SMILES string of the molecule is CCOC(=O)[C@H](C)NP(=O)(OC[C@@]1(N)O[C@@H](c2csc3c(N)ncnc23)[C@H](F)[C@@H]1O)Oc1ccccc1. The molecule has 6 atom stereocenters. The minimum Gasteiger partial charge on any atom is -0.465 e. The fraction of sp³-hybridized carbons (Fsp3) is 0.409. The second-order valence-corrected chi connectivity index (χ2v) is 10.9. The molecule has 1 aliphatic rings. The summed E-state index contributed by atoms with van der Waals surface area (Å²) < 4.78 is 51.2. The highest BCUT2D eigenvalue weighted by Crippen LogP contribution is 2.48. The molecule has 1 fully saturated rings. The molecule has 1 saturated heterocycles. The maximum Gasteiger partial charge on any atom is 0.459 e. The van der Waals surface area contributed by atoms with Gasteiger partial charge in [0.1, 0.15) is 42.8 Å². The summed E-state index contributed by atoms with van der Waals surface area (Å²) in [4.78, 5) is 20.2. The molecule has 1 aromatic carbocycles. The van der Waals surface area contributed by atoms with Crippen LogP contribution in [0.5, 0.6) is 5.75 Å². The van der Waals surface area contributed by atoms with Gasteiger partial charge in [0.05, 0.1) is 16.8 Å². The number of anilines is 1. The standard InChI is InChI=1S/C22H27FN5O7PS/c1-3-32-21(30)12(2)28-36(31,35-13-7-5-4-6-8-13)33-10-22(25)19(29)15(23)17(34-22)14-9-37-18-16(14)26-11-27-20(18)24/h4-9,11-12,15,17,19,29H,3,10,25H2,1-2H3,(H,28,31)(H2,24,26,27)/t12-,15-,17-,19-,22+,36?/m0/s1. The van der Waals surface area contributed by atoms with Crippen molar-refractivity contribution < 1.29 is 37.4 Å². The molecule has 1 aliphatic heterocycles. The summed E-state index contributed by atoms with van der Waals surface area (Å²) in [5, 5.41) is 14.7. The minimum absolute atomic E-state index is 0.106. The number of aromatic nitrogens is 2. The van der Waals surface area contributed by atoms with Gasteiger partial charge in [0, 0.05) is 5.56 Å². The van der Waals surface area contributed by atoms with Crippen molar-refractivity contribution >= 4 is 41.1 Å². The number of thiophene rings is 1. The number of hydrogen-bond donors (Lipinski definition) is 4. The van der Waals surface area contributed by atoms with Crippen molar-refractivity contribution in [3.8, 4) is 5.75 Å². The van der Waals surface area contributed by atoms with Gasteiger partial charge in [0.15, 0.2) is 11.9 Å². The van der Waals surface area contributed by atoms with E-state index in [9.17, 15) is 14.5 Å². The van der Waals surface area contributed by atoms with Crippen LogP contribution in [0, 0.1) is 0 Å². The van der Waals surface area contributed by atoms with Gasteiger partial charge in [-0.3, -0.25) is 15.1 Å². The second-order valence-electron chi connectivity index (χ2n) is 8.29. The highest BCUT2D eigenvalue weighted by atomic mass is 32.1. The van der Waals surface area contributed by atoms with Crippen molar-refractivity contribution in [2.24, 2.45) is 5.73 Å². The quantitative estimate of drug-likeness (QED) is 0.212. The van der Waals surface area contributed by atoms with E-state index >= 15 is 4.39 Å². The molecule has 0 bridgehead atoms. The van der Waals surface area contributed by atoms with Crippen LogP contribution in [0.4, 0.5) is 10.2 Å². The summed E-state index contributed by atoms with van der Waals surface area (Å²) in [5.41, 5.74) is 10.7. The number of alkyl halides is 1. The molecule has 3 heterocycles. The molecule has 15 heteroatoms. The Bertz CT molecular complexity index is 1300. The third-order valence-corrected chi connectivity index (χ3v) is 8.21. The van der Waals surface area contributed by atoms with Gasteiger partial charge in [0.25, 0.3) is 0 Å². The Balaban J connectivity index is 1.55. The zero-order valence-corrected chi connectivity index (χ0v) is 21.7. The van der Waals surface area contributed by atoms with Crippen LogP contribution in [0.3, 0.4) is 0 Å². The van der Waals surface area contributed by atoms with Crippen LogP contribution in [0.2, 0.25) is 0 Å². The number of nitrogen functional groups attached to an aromatic ring is 1. The second kappa shape index (κ2) is 11.0. The summed E-state index contributed by atoms with van der Waals surface area (Å²) in [6, 6.07) is 6.95. The first-order valence-electron chi connectivity index (χ1n) is 11.3. The molecular weight excluding hydrogens is 528 g/mol. The average molecular weight is 556 g/mol. The van der Waals surface area contributed by atoms with Crippen LogP contribution >= 0.6 is 19.1 Å². The van der Waals surface area contributed by atoms with Crippen molar-refractivity contribution in [2.75, 3.05) is 18.9 Å². The number of esters is 1. The molecule has 0 amide bonds. The molecule has 0 saturated carbocycles. The van der Waals surface area contributed by atoms with Crippen LogP contribution in [0.25, 0.3) is 10.2 Å². The number of hydrogen-bond acceptors (Lipinski definition) is 12. The van der Waals surface area contributed by atoms with E-state index in [2.05, 4.69) is 15.1 Å². The Morgan fingerprint density at radius 3 is 2.81 bits per heavy atom. The fourth-order valence-corrected chi connectivity index (χ4v) is 6.18. The van der Waals surface area contributed by atoms with Crippen molar-refractivity contribution in [3.05, 3.63) is 47.6 Å². The molecule has 1 unspecified atom stereocenters. The van der Waals surface area contributed by atoms with Crippen molar-refractivity contribution in [3.63, 3.8) is 0 Å². The third-order valence-electron chi connectivity index (χ3n) is 5.57.